The second-order valence-electron chi connectivity index (χ2n) is 4.17. The van der Waals surface area contributed by atoms with E-state index in [9.17, 15) is 4.79 Å². The molecule has 19 heavy (non-hydrogen) atoms. The standard InChI is InChI=1S/C14H15ClN2O2/c1-10(13-3-2-8-19-13)17-14(18)9-16-12-6-4-11(15)5-7-12/h2-8,10,16H,9H2,1H3,(H,17,18). The Kier molecular flexibility index (Phi) is 4.47. The molecule has 100 valence electrons. The molecule has 1 aromatic carbocycles. The third-order valence-electron chi connectivity index (χ3n) is 2.64. The molecule has 1 aromatic heterocycles. The molecule has 0 bridgehead atoms. The van der Waals surface area contributed by atoms with E-state index in [0.717, 1.165) is 11.4 Å². The van der Waals surface area contributed by atoms with Crippen LogP contribution in [0.1, 0.15) is 18.7 Å². The molecule has 5 heteroatoms. The van der Waals surface area contributed by atoms with E-state index in [1.165, 1.54) is 0 Å². The summed E-state index contributed by atoms with van der Waals surface area (Å²) in [5.74, 6) is 0.638. The molecule has 2 N–H and O–H groups in total. The molecule has 0 aliphatic rings. The number of nitrogens with one attached hydrogen (secondary N) is 2. The number of anilines is 1. The Labute approximate surface area is 116 Å². The Morgan fingerprint density at radius 2 is 2.05 bits per heavy atom. The lowest BCUT2D eigenvalue weighted by Crippen LogP contribution is -2.31. The van der Waals surface area contributed by atoms with Gasteiger partial charge < -0.3 is 15.1 Å². The van der Waals surface area contributed by atoms with Gasteiger partial charge in [0.25, 0.3) is 0 Å². The summed E-state index contributed by atoms with van der Waals surface area (Å²) >= 11 is 5.78. The van der Waals surface area contributed by atoms with Crippen LogP contribution in [-0.2, 0) is 4.79 Å². The van der Waals surface area contributed by atoms with Gasteiger partial charge in [-0.2, -0.15) is 0 Å². The average Bonchev–Trinajstić information content (AvgIpc) is 2.92. The lowest BCUT2D eigenvalue weighted by atomic mass is 10.2. The molecule has 0 aliphatic carbocycles. The fourth-order valence-corrected chi connectivity index (χ4v) is 1.78. The van der Waals surface area contributed by atoms with Crippen LogP contribution in [0.5, 0.6) is 0 Å². The highest BCUT2D eigenvalue weighted by atomic mass is 35.5. The topological polar surface area (TPSA) is 54.3 Å². The van der Waals surface area contributed by atoms with Crippen LogP contribution in [0, 0.1) is 0 Å². The minimum atomic E-state index is -0.144. The Balaban J connectivity index is 1.80. The number of benzene rings is 1. The number of carbonyl (C=O) groups is 1. The predicted molar refractivity (Wildman–Crippen MR) is 75.2 cm³/mol. The first-order valence-corrected chi connectivity index (χ1v) is 6.35. The Morgan fingerprint density at radius 3 is 2.68 bits per heavy atom. The summed E-state index contributed by atoms with van der Waals surface area (Å²) in [6.45, 7) is 2.08. The van der Waals surface area contributed by atoms with Crippen molar-refractivity contribution < 1.29 is 9.21 Å². The van der Waals surface area contributed by atoms with Crippen LogP contribution in [0.3, 0.4) is 0 Å². The third-order valence-corrected chi connectivity index (χ3v) is 2.90. The molecular weight excluding hydrogens is 264 g/mol. The molecule has 1 atom stereocenters. The molecule has 0 fully saturated rings. The molecule has 0 spiro atoms. The normalized spacial score (nSPS) is 11.9. The van der Waals surface area contributed by atoms with Crippen LogP contribution in [0.2, 0.25) is 5.02 Å². The van der Waals surface area contributed by atoms with Gasteiger partial charge in [-0.3, -0.25) is 4.79 Å². The molecule has 4 nitrogen and oxygen atoms in total. The average molecular weight is 279 g/mol. The van der Waals surface area contributed by atoms with E-state index in [1.54, 1.807) is 24.5 Å². The van der Waals surface area contributed by atoms with Crippen molar-refractivity contribution >= 4 is 23.2 Å². The minimum Gasteiger partial charge on any atom is -0.467 e. The summed E-state index contributed by atoms with van der Waals surface area (Å²) in [6.07, 6.45) is 1.59. The maximum absolute atomic E-state index is 11.7. The number of hydrogen-bond acceptors (Lipinski definition) is 3. The Morgan fingerprint density at radius 1 is 1.32 bits per heavy atom. The van der Waals surface area contributed by atoms with Crippen molar-refractivity contribution in [3.8, 4) is 0 Å². The van der Waals surface area contributed by atoms with Crippen molar-refractivity contribution in [2.24, 2.45) is 0 Å². The Hall–Kier alpha value is -1.94. The zero-order valence-corrected chi connectivity index (χ0v) is 11.3. The fraction of sp³-hybridized carbons (Fsp3) is 0.214. The molecule has 2 rings (SSSR count). The zero-order chi connectivity index (χ0) is 13.7. The van der Waals surface area contributed by atoms with Gasteiger partial charge in [-0.15, -0.1) is 0 Å². The van der Waals surface area contributed by atoms with E-state index >= 15 is 0 Å². The van der Waals surface area contributed by atoms with Crippen molar-refractivity contribution in [2.75, 3.05) is 11.9 Å². The summed E-state index contributed by atoms with van der Waals surface area (Å²) in [4.78, 5) is 11.7. The predicted octanol–water partition coefficient (Wildman–Crippen LogP) is 3.22. The summed E-state index contributed by atoms with van der Waals surface area (Å²) in [5.41, 5.74) is 0.852. The van der Waals surface area contributed by atoms with Gasteiger partial charge in [-0.1, -0.05) is 11.6 Å². The largest absolute Gasteiger partial charge is 0.467 e. The number of rotatable bonds is 5. The van der Waals surface area contributed by atoms with E-state index in [1.807, 2.05) is 25.1 Å². The second kappa shape index (κ2) is 6.29. The molecular formula is C14H15ClN2O2. The summed E-state index contributed by atoms with van der Waals surface area (Å²) < 4.78 is 5.22. The molecule has 0 radical (unpaired) electrons. The van der Waals surface area contributed by atoms with Crippen LogP contribution in [0.4, 0.5) is 5.69 Å². The molecule has 2 aromatic rings. The van der Waals surface area contributed by atoms with Gasteiger partial charge in [0.05, 0.1) is 18.8 Å². The number of carbonyl (C=O) groups excluding carboxylic acids is 1. The van der Waals surface area contributed by atoms with Gasteiger partial charge in [0.1, 0.15) is 5.76 Å². The summed E-state index contributed by atoms with van der Waals surface area (Å²) in [7, 11) is 0. The maximum Gasteiger partial charge on any atom is 0.239 e. The number of halogens is 1. The molecule has 0 saturated heterocycles. The smallest absolute Gasteiger partial charge is 0.239 e. The number of amides is 1. The quantitative estimate of drug-likeness (QED) is 0.883. The van der Waals surface area contributed by atoms with E-state index in [-0.39, 0.29) is 18.5 Å². The molecule has 1 heterocycles. The summed E-state index contributed by atoms with van der Waals surface area (Å²) in [5, 5.41) is 6.53. The van der Waals surface area contributed by atoms with Gasteiger partial charge >= 0.3 is 0 Å². The number of hydrogen-bond donors (Lipinski definition) is 2. The first kappa shape index (κ1) is 13.5. The van der Waals surface area contributed by atoms with Crippen LogP contribution in [0.25, 0.3) is 0 Å². The highest BCUT2D eigenvalue weighted by Crippen LogP contribution is 2.14. The van der Waals surface area contributed by atoms with Crippen molar-refractivity contribution in [2.45, 2.75) is 13.0 Å². The monoisotopic (exact) mass is 278 g/mol. The van der Waals surface area contributed by atoms with Crippen LogP contribution in [-0.4, -0.2) is 12.5 Å². The highest BCUT2D eigenvalue weighted by Gasteiger charge is 2.11. The van der Waals surface area contributed by atoms with E-state index in [2.05, 4.69) is 10.6 Å². The van der Waals surface area contributed by atoms with E-state index in [0.29, 0.717) is 5.02 Å². The van der Waals surface area contributed by atoms with Crippen molar-refractivity contribution in [3.05, 3.63) is 53.4 Å². The van der Waals surface area contributed by atoms with Crippen LogP contribution >= 0.6 is 11.6 Å². The third kappa shape index (κ3) is 4.03. The van der Waals surface area contributed by atoms with Crippen LogP contribution < -0.4 is 10.6 Å². The maximum atomic E-state index is 11.7. The molecule has 0 saturated carbocycles. The first-order chi connectivity index (χ1) is 9.15. The lowest BCUT2D eigenvalue weighted by molar-refractivity contribution is -0.120. The molecule has 0 aliphatic heterocycles. The number of furan rings is 1. The van der Waals surface area contributed by atoms with Crippen LogP contribution in [0.15, 0.2) is 47.1 Å². The second-order valence-corrected chi connectivity index (χ2v) is 4.60. The van der Waals surface area contributed by atoms with E-state index < -0.39 is 0 Å². The van der Waals surface area contributed by atoms with Gasteiger partial charge in [0.2, 0.25) is 5.91 Å². The zero-order valence-electron chi connectivity index (χ0n) is 10.5. The summed E-state index contributed by atoms with van der Waals surface area (Å²) in [6, 6.07) is 10.7. The fourth-order valence-electron chi connectivity index (χ4n) is 1.65. The van der Waals surface area contributed by atoms with Crippen molar-refractivity contribution in [1.29, 1.82) is 0 Å². The van der Waals surface area contributed by atoms with Crippen molar-refractivity contribution in [3.63, 3.8) is 0 Å². The lowest BCUT2D eigenvalue weighted by Gasteiger charge is -2.12. The SMILES string of the molecule is CC(NC(=O)CNc1ccc(Cl)cc1)c1ccco1. The van der Waals surface area contributed by atoms with Gasteiger partial charge in [0.15, 0.2) is 0 Å². The molecule has 1 amide bonds. The van der Waals surface area contributed by atoms with E-state index in [4.69, 9.17) is 16.0 Å². The first-order valence-electron chi connectivity index (χ1n) is 5.97. The van der Waals surface area contributed by atoms with Crippen molar-refractivity contribution in [1.82, 2.24) is 5.32 Å². The highest BCUT2D eigenvalue weighted by molar-refractivity contribution is 6.30. The molecule has 1 unspecified atom stereocenters. The van der Waals surface area contributed by atoms with Gasteiger partial charge in [-0.05, 0) is 43.3 Å². The minimum absolute atomic E-state index is 0.0983. The van der Waals surface area contributed by atoms with Gasteiger partial charge in [0, 0.05) is 10.7 Å². The Bertz CT molecular complexity index is 523. The van der Waals surface area contributed by atoms with Gasteiger partial charge in [-0.25, -0.2) is 0 Å².